The average Bonchev–Trinajstić information content (AvgIpc) is 2.43. The molecule has 0 saturated heterocycles. The molecule has 0 spiro atoms. The Morgan fingerprint density at radius 3 is 2.73 bits per heavy atom. The van der Waals surface area contributed by atoms with Crippen molar-refractivity contribution >= 4 is 24.3 Å². The third-order valence-corrected chi connectivity index (χ3v) is 4.12. The molecule has 1 unspecified atom stereocenters. The fraction of sp³-hybridized carbons (Fsp3) is 0.273. The Kier molecular flexibility index (Phi) is 4.27. The molecule has 0 amide bonds. The van der Waals surface area contributed by atoms with Crippen LogP contribution in [0.2, 0.25) is 0 Å². The monoisotopic (exact) mass is 329 g/mol. The highest BCUT2D eigenvalue weighted by Gasteiger charge is 2.23. The van der Waals surface area contributed by atoms with E-state index < -0.39 is 29.9 Å². The van der Waals surface area contributed by atoms with E-state index in [0.29, 0.717) is 0 Å². The minimum atomic E-state index is -4.12. The first-order valence-electron chi connectivity index (χ1n) is 6.13. The fourth-order valence-corrected chi connectivity index (χ4v) is 3.07. The number of benzene rings is 1. The van der Waals surface area contributed by atoms with Gasteiger partial charge in [-0.1, -0.05) is 0 Å². The van der Waals surface area contributed by atoms with Gasteiger partial charge in [0.05, 0.1) is 22.6 Å². The summed E-state index contributed by atoms with van der Waals surface area (Å²) < 4.78 is 17.3. The van der Waals surface area contributed by atoms with E-state index in [1.165, 1.54) is 13.0 Å². The van der Waals surface area contributed by atoms with Crippen LogP contribution in [-0.4, -0.2) is 26.0 Å². The van der Waals surface area contributed by atoms with Crippen LogP contribution >= 0.6 is 7.60 Å². The molecule has 0 aliphatic heterocycles. The molecule has 22 heavy (non-hydrogen) atoms. The lowest BCUT2D eigenvalue weighted by Gasteiger charge is -2.14. The Hall–Kier alpha value is -2.29. The standard InChI is InChI=1S/C11H12N3O7P/c1-2-21-22(19,20)6-13-9-4-3-7(14(17)18)5-8(9)12-10(15)11(13)16/h3-5H,2,6H2,1H3,(H,12,15)(H,19,20). The molecular formula is C11H12N3O7P. The highest BCUT2D eigenvalue weighted by Crippen LogP contribution is 2.43. The van der Waals surface area contributed by atoms with Gasteiger partial charge >= 0.3 is 18.7 Å². The minimum absolute atomic E-state index is 0.00954. The zero-order chi connectivity index (χ0) is 16.5. The molecule has 1 aromatic heterocycles. The zero-order valence-corrected chi connectivity index (χ0v) is 12.3. The number of nitro groups is 1. The first-order valence-corrected chi connectivity index (χ1v) is 7.89. The SMILES string of the molecule is CCOP(=O)(O)Cn1c(=O)c(=O)[nH]c2cc([N+](=O)[O-])ccc21. The van der Waals surface area contributed by atoms with Crippen LogP contribution in [0.4, 0.5) is 5.69 Å². The maximum atomic E-state index is 11.9. The van der Waals surface area contributed by atoms with E-state index in [-0.39, 0.29) is 23.3 Å². The van der Waals surface area contributed by atoms with Gasteiger partial charge in [-0.15, -0.1) is 0 Å². The number of fused-ring (bicyclic) bond motifs is 1. The van der Waals surface area contributed by atoms with Gasteiger partial charge in [0.15, 0.2) is 0 Å². The number of H-pyrrole nitrogens is 1. The van der Waals surface area contributed by atoms with E-state index in [1.807, 2.05) is 0 Å². The smallest absolute Gasteiger partial charge is 0.323 e. The molecule has 2 N–H and O–H groups in total. The normalized spacial score (nSPS) is 13.9. The number of nitro benzene ring substituents is 1. The summed E-state index contributed by atoms with van der Waals surface area (Å²) in [4.78, 5) is 45.4. The van der Waals surface area contributed by atoms with Crippen molar-refractivity contribution in [3.63, 3.8) is 0 Å². The molecule has 2 rings (SSSR count). The molecule has 0 fully saturated rings. The minimum Gasteiger partial charge on any atom is -0.323 e. The quantitative estimate of drug-likeness (QED) is 0.357. The molecule has 0 bridgehead atoms. The number of nitrogens with one attached hydrogen (secondary N) is 1. The number of aromatic amines is 1. The van der Waals surface area contributed by atoms with Crippen molar-refractivity contribution in [3.8, 4) is 0 Å². The third kappa shape index (κ3) is 3.14. The van der Waals surface area contributed by atoms with Crippen molar-refractivity contribution in [2.75, 3.05) is 6.61 Å². The maximum absolute atomic E-state index is 11.9. The fourth-order valence-electron chi connectivity index (χ4n) is 1.94. The average molecular weight is 329 g/mol. The first-order chi connectivity index (χ1) is 10.2. The van der Waals surface area contributed by atoms with Gasteiger partial charge in [-0.25, -0.2) is 0 Å². The van der Waals surface area contributed by atoms with Gasteiger partial charge in [0, 0.05) is 12.1 Å². The van der Waals surface area contributed by atoms with Crippen molar-refractivity contribution in [3.05, 3.63) is 49.0 Å². The Morgan fingerprint density at radius 1 is 1.45 bits per heavy atom. The molecule has 0 aliphatic rings. The topological polar surface area (TPSA) is 145 Å². The second kappa shape index (κ2) is 5.84. The Morgan fingerprint density at radius 2 is 2.14 bits per heavy atom. The van der Waals surface area contributed by atoms with Crippen molar-refractivity contribution in [1.29, 1.82) is 0 Å². The number of aromatic nitrogens is 2. The molecule has 118 valence electrons. The van der Waals surface area contributed by atoms with E-state index >= 15 is 0 Å². The van der Waals surface area contributed by atoms with E-state index in [9.17, 15) is 29.2 Å². The van der Waals surface area contributed by atoms with Crippen LogP contribution < -0.4 is 11.1 Å². The molecule has 0 saturated carbocycles. The van der Waals surface area contributed by atoms with Gasteiger partial charge in [-0.05, 0) is 13.0 Å². The molecule has 1 heterocycles. The number of hydrogen-bond donors (Lipinski definition) is 2. The van der Waals surface area contributed by atoms with Crippen molar-refractivity contribution in [2.24, 2.45) is 0 Å². The highest BCUT2D eigenvalue weighted by molar-refractivity contribution is 7.51. The van der Waals surface area contributed by atoms with Crippen LogP contribution in [0.3, 0.4) is 0 Å². The highest BCUT2D eigenvalue weighted by atomic mass is 31.2. The van der Waals surface area contributed by atoms with Gasteiger partial charge in [0.2, 0.25) is 0 Å². The summed E-state index contributed by atoms with van der Waals surface area (Å²) in [6, 6.07) is 3.41. The Balaban J connectivity index is 2.69. The summed E-state index contributed by atoms with van der Waals surface area (Å²) in [6.45, 7) is 1.46. The van der Waals surface area contributed by atoms with Crippen molar-refractivity contribution < 1.29 is 18.9 Å². The predicted molar refractivity (Wildman–Crippen MR) is 76.9 cm³/mol. The molecule has 0 radical (unpaired) electrons. The summed E-state index contributed by atoms with van der Waals surface area (Å²) >= 11 is 0. The summed E-state index contributed by atoms with van der Waals surface area (Å²) in [7, 11) is -4.12. The summed E-state index contributed by atoms with van der Waals surface area (Å²) in [5.41, 5.74) is -2.29. The summed E-state index contributed by atoms with van der Waals surface area (Å²) in [6.07, 6.45) is -0.724. The second-order valence-corrected chi connectivity index (χ2v) is 6.16. The van der Waals surface area contributed by atoms with Crippen LogP contribution in [0.1, 0.15) is 6.92 Å². The summed E-state index contributed by atoms with van der Waals surface area (Å²) in [5.74, 6) is 0. The molecule has 1 aromatic carbocycles. The number of non-ortho nitro benzene ring substituents is 1. The maximum Gasteiger partial charge on any atom is 0.347 e. The second-order valence-electron chi connectivity index (χ2n) is 4.34. The molecule has 2 aromatic rings. The van der Waals surface area contributed by atoms with Crippen LogP contribution in [-0.2, 0) is 15.4 Å². The van der Waals surface area contributed by atoms with Gasteiger partial charge in [-0.2, -0.15) is 0 Å². The Labute approximate surface area is 122 Å². The molecule has 10 nitrogen and oxygen atoms in total. The van der Waals surface area contributed by atoms with Crippen molar-refractivity contribution in [2.45, 2.75) is 13.2 Å². The van der Waals surface area contributed by atoms with Gasteiger partial charge < -0.3 is 14.4 Å². The lowest BCUT2D eigenvalue weighted by atomic mass is 10.2. The molecular weight excluding hydrogens is 317 g/mol. The van der Waals surface area contributed by atoms with E-state index in [0.717, 1.165) is 16.7 Å². The van der Waals surface area contributed by atoms with Gasteiger partial charge in [0.25, 0.3) is 5.69 Å². The largest absolute Gasteiger partial charge is 0.347 e. The number of hydrogen-bond acceptors (Lipinski definition) is 6. The van der Waals surface area contributed by atoms with E-state index in [2.05, 4.69) is 9.51 Å². The predicted octanol–water partition coefficient (Wildman–Crippen LogP) is 0.777. The van der Waals surface area contributed by atoms with Crippen LogP contribution in [0, 0.1) is 10.1 Å². The number of nitrogens with zero attached hydrogens (tertiary/aromatic N) is 2. The number of rotatable bonds is 5. The first kappa shape index (κ1) is 16.1. The molecule has 1 atom stereocenters. The zero-order valence-electron chi connectivity index (χ0n) is 11.4. The van der Waals surface area contributed by atoms with Crippen LogP contribution in [0.25, 0.3) is 11.0 Å². The molecule has 0 aliphatic carbocycles. The van der Waals surface area contributed by atoms with Crippen LogP contribution in [0.15, 0.2) is 27.8 Å². The Bertz CT molecular complexity index is 901. The van der Waals surface area contributed by atoms with E-state index in [4.69, 9.17) is 0 Å². The lowest BCUT2D eigenvalue weighted by Crippen LogP contribution is -2.36. The molecule has 11 heteroatoms. The third-order valence-electron chi connectivity index (χ3n) is 2.82. The van der Waals surface area contributed by atoms with Crippen molar-refractivity contribution in [1.82, 2.24) is 9.55 Å². The van der Waals surface area contributed by atoms with E-state index in [1.54, 1.807) is 0 Å². The van der Waals surface area contributed by atoms with Gasteiger partial charge in [-0.3, -0.25) is 28.8 Å². The van der Waals surface area contributed by atoms with Crippen LogP contribution in [0.5, 0.6) is 0 Å². The van der Waals surface area contributed by atoms with Gasteiger partial charge in [0.1, 0.15) is 6.29 Å². The lowest BCUT2D eigenvalue weighted by molar-refractivity contribution is -0.384. The summed E-state index contributed by atoms with van der Waals surface area (Å²) in [5, 5.41) is 10.7.